The molecular weight excluding hydrogens is 288 g/mol. The molecule has 0 aliphatic rings. The molecule has 0 rings (SSSR count). The average molecular weight is 288 g/mol. The maximum absolute atomic E-state index is 10.2. The summed E-state index contributed by atoms with van der Waals surface area (Å²) in [5.41, 5.74) is 0. The topological polar surface area (TPSA) is 127 Å². The van der Waals surface area contributed by atoms with Crippen LogP contribution >= 0.6 is 0 Å². The van der Waals surface area contributed by atoms with Gasteiger partial charge in [-0.2, -0.15) is 0 Å². The van der Waals surface area contributed by atoms with Crippen LogP contribution in [-0.2, 0) is 69.4 Å². The second-order valence-corrected chi connectivity index (χ2v) is 6.46. The van der Waals surface area contributed by atoms with Gasteiger partial charge < -0.3 is 0 Å². The third kappa shape index (κ3) is 9.32. The molecule has 0 amide bonds. The molecule has 0 saturated heterocycles. The van der Waals surface area contributed by atoms with E-state index in [2.05, 4.69) is 5.17 Å². The van der Waals surface area contributed by atoms with Crippen LogP contribution in [0.1, 0.15) is 0 Å². The predicted octanol–water partition coefficient (Wildman–Crippen LogP) is -4.92. The van der Waals surface area contributed by atoms with Gasteiger partial charge in [-0.15, -0.1) is 0 Å². The van der Waals surface area contributed by atoms with E-state index in [0.717, 1.165) is 0 Å². The zero-order valence-electron chi connectivity index (χ0n) is 5.61. The fourth-order valence-electron chi connectivity index (χ4n) is 0.178. The van der Waals surface area contributed by atoms with E-state index in [9.17, 15) is 22.4 Å². The number of hydrogen-bond donors (Lipinski definition) is 0. The van der Waals surface area contributed by atoms with Gasteiger partial charge in [-0.25, -0.2) is 0 Å². The van der Waals surface area contributed by atoms with Crippen molar-refractivity contribution in [2.24, 2.45) is 0 Å². The van der Waals surface area contributed by atoms with Crippen molar-refractivity contribution >= 4 is 0 Å². The third-order valence-electron chi connectivity index (χ3n) is 0.333. The summed E-state index contributed by atoms with van der Waals surface area (Å²) >= 11 is -14.5. The molecule has 0 saturated carbocycles. The zero-order chi connectivity index (χ0) is 9.07. The van der Waals surface area contributed by atoms with Crippen molar-refractivity contribution in [1.82, 2.24) is 0 Å². The second kappa shape index (κ2) is 6.65. The SMILES string of the molecule is [Li+].[O]=[V](=[O])[O][V](=[O])([O-])[O][V](=[O])=[O]. The summed E-state index contributed by atoms with van der Waals surface area (Å²) in [7, 11) is 0. The van der Waals surface area contributed by atoms with Gasteiger partial charge in [-0.3, -0.25) is 0 Å². The fourth-order valence-corrected chi connectivity index (χ4v) is 3.82. The standard InChI is InChI=1S/Li.8O.3V/q+1;;;;;;;;-1;;;. The molecule has 0 fully saturated rings. The Morgan fingerprint density at radius 3 is 1.42 bits per heavy atom. The summed E-state index contributed by atoms with van der Waals surface area (Å²) < 4.78 is 65.5. The normalized spacial score (nSPS) is 10.1. The Bertz CT molecular complexity index is 264. The van der Waals surface area contributed by atoms with Crippen molar-refractivity contribution in [1.29, 1.82) is 0 Å². The minimum atomic E-state index is -5.78. The van der Waals surface area contributed by atoms with E-state index in [1.807, 2.05) is 0 Å². The Labute approximate surface area is 91.5 Å². The molecule has 64 valence electrons. The summed E-state index contributed by atoms with van der Waals surface area (Å²) in [6.45, 7) is 0. The number of rotatable bonds is 4. The summed E-state index contributed by atoms with van der Waals surface area (Å²) in [6, 6.07) is 0. The van der Waals surface area contributed by atoms with Gasteiger partial charge in [0, 0.05) is 0 Å². The molecule has 0 aliphatic carbocycles. The van der Waals surface area contributed by atoms with Gasteiger partial charge in [-0.05, 0) is 0 Å². The molecule has 0 aromatic carbocycles. The van der Waals surface area contributed by atoms with Crippen LogP contribution < -0.4 is 22.9 Å². The molecule has 0 unspecified atom stereocenters. The average Bonchev–Trinajstić information content (AvgIpc) is 1.53. The van der Waals surface area contributed by atoms with E-state index >= 15 is 0 Å². The third-order valence-corrected chi connectivity index (χ3v) is 5.67. The first-order valence-electron chi connectivity index (χ1n) is 1.83. The zero-order valence-corrected chi connectivity index (χ0v) is 9.80. The molecular formula is LiO8V3. The van der Waals surface area contributed by atoms with Gasteiger partial charge in [0.25, 0.3) is 0 Å². The van der Waals surface area contributed by atoms with Crippen molar-refractivity contribution in [2.45, 2.75) is 0 Å². The van der Waals surface area contributed by atoms with Crippen LogP contribution in [-0.4, -0.2) is 0 Å². The molecule has 8 nitrogen and oxygen atoms in total. The molecule has 0 N–H and O–H groups in total. The molecule has 0 radical (unpaired) electrons. The molecule has 0 bridgehead atoms. The van der Waals surface area contributed by atoms with Gasteiger partial charge >= 0.3 is 92.3 Å². The van der Waals surface area contributed by atoms with Gasteiger partial charge in [0.2, 0.25) is 0 Å². The summed E-state index contributed by atoms with van der Waals surface area (Å²) in [4.78, 5) is 0. The minimum absolute atomic E-state index is 0. The van der Waals surface area contributed by atoms with Crippen LogP contribution in [0.5, 0.6) is 0 Å². The summed E-state index contributed by atoms with van der Waals surface area (Å²) in [5.74, 6) is 0. The fraction of sp³-hybridized carbons (Fsp3) is 0. The molecule has 0 atom stereocenters. The molecule has 0 aromatic heterocycles. The van der Waals surface area contributed by atoms with Gasteiger partial charge in [-0.1, -0.05) is 0 Å². The molecule has 0 aromatic rings. The summed E-state index contributed by atoms with van der Waals surface area (Å²) in [5, 5.41) is 0. The molecule has 12 heteroatoms. The molecule has 0 heterocycles. The van der Waals surface area contributed by atoms with Crippen LogP contribution in [0.2, 0.25) is 0 Å². The Hall–Kier alpha value is 1.23. The van der Waals surface area contributed by atoms with Gasteiger partial charge in [0.05, 0.1) is 0 Å². The van der Waals surface area contributed by atoms with Crippen LogP contribution in [0.15, 0.2) is 0 Å². The first kappa shape index (κ1) is 15.7. The van der Waals surface area contributed by atoms with E-state index < -0.39 is 45.8 Å². The van der Waals surface area contributed by atoms with Crippen molar-refractivity contribution in [3.05, 3.63) is 0 Å². The Morgan fingerprint density at radius 1 is 1.00 bits per heavy atom. The van der Waals surface area contributed by atoms with E-state index in [4.69, 9.17) is 0 Å². The Balaban J connectivity index is 0. The summed E-state index contributed by atoms with van der Waals surface area (Å²) in [6.07, 6.45) is 0. The van der Waals surface area contributed by atoms with Crippen LogP contribution in [0.4, 0.5) is 0 Å². The van der Waals surface area contributed by atoms with E-state index in [1.54, 1.807) is 0 Å². The van der Waals surface area contributed by atoms with Crippen molar-refractivity contribution in [3.8, 4) is 0 Å². The van der Waals surface area contributed by atoms with Gasteiger partial charge in [0.1, 0.15) is 0 Å². The Kier molecular flexibility index (Phi) is 8.70. The number of hydrogen-bond acceptors (Lipinski definition) is 8. The van der Waals surface area contributed by atoms with E-state index in [1.165, 1.54) is 0 Å². The maximum atomic E-state index is 10.2. The molecule has 0 aliphatic heterocycles. The second-order valence-electron chi connectivity index (χ2n) is 1.06. The van der Waals surface area contributed by atoms with Crippen molar-refractivity contribution in [2.75, 3.05) is 0 Å². The molecule has 0 spiro atoms. The molecule has 12 heavy (non-hydrogen) atoms. The van der Waals surface area contributed by atoms with Crippen LogP contribution in [0.25, 0.3) is 0 Å². The van der Waals surface area contributed by atoms with Crippen molar-refractivity contribution in [3.63, 3.8) is 0 Å². The first-order chi connectivity index (χ1) is 4.83. The van der Waals surface area contributed by atoms with E-state index in [-0.39, 0.29) is 18.9 Å². The van der Waals surface area contributed by atoms with Crippen LogP contribution in [0.3, 0.4) is 0 Å². The quantitative estimate of drug-likeness (QED) is 0.471. The van der Waals surface area contributed by atoms with Crippen LogP contribution in [0, 0.1) is 0 Å². The first-order valence-corrected chi connectivity index (χ1v) is 7.53. The Morgan fingerprint density at radius 2 is 1.25 bits per heavy atom. The van der Waals surface area contributed by atoms with E-state index in [0.29, 0.717) is 0 Å². The predicted molar refractivity (Wildman–Crippen MR) is 5.60 cm³/mol. The van der Waals surface area contributed by atoms with Gasteiger partial charge in [0.15, 0.2) is 0 Å². The van der Waals surface area contributed by atoms with Crippen molar-refractivity contribution < 1.29 is 92.3 Å². The monoisotopic (exact) mass is 288 g/mol.